The molecular weight excluding hydrogens is 306 g/mol. The molecule has 0 saturated carbocycles. The SMILES string of the molecule is COc1ccc(CNC(=S)NC2CC(C)(C)[NH2+]C(C)(C)C2)cc1. The predicted molar refractivity (Wildman–Crippen MR) is 98.7 cm³/mol. The minimum atomic E-state index is 0.241. The third-order valence-electron chi connectivity index (χ3n) is 4.27. The maximum absolute atomic E-state index is 5.48. The number of nitrogens with one attached hydrogen (secondary N) is 2. The van der Waals surface area contributed by atoms with Gasteiger partial charge in [-0.25, -0.2) is 0 Å². The van der Waals surface area contributed by atoms with Crippen molar-refractivity contribution in [1.29, 1.82) is 0 Å². The summed E-state index contributed by atoms with van der Waals surface area (Å²) in [7, 11) is 1.68. The van der Waals surface area contributed by atoms with E-state index in [0.29, 0.717) is 6.04 Å². The Kier molecular flexibility index (Phi) is 5.53. The van der Waals surface area contributed by atoms with Gasteiger partial charge in [0.15, 0.2) is 5.11 Å². The monoisotopic (exact) mass is 336 g/mol. The Morgan fingerprint density at radius 1 is 1.17 bits per heavy atom. The number of rotatable bonds is 4. The van der Waals surface area contributed by atoms with Gasteiger partial charge in [0.2, 0.25) is 0 Å². The zero-order valence-electron chi connectivity index (χ0n) is 14.9. The van der Waals surface area contributed by atoms with Crippen LogP contribution in [0.15, 0.2) is 24.3 Å². The number of hydrogen-bond acceptors (Lipinski definition) is 2. The number of ether oxygens (including phenoxy) is 1. The highest BCUT2D eigenvalue weighted by Crippen LogP contribution is 2.21. The molecule has 2 rings (SSSR count). The van der Waals surface area contributed by atoms with Crippen LogP contribution in [0, 0.1) is 0 Å². The molecule has 0 unspecified atom stereocenters. The summed E-state index contributed by atoms with van der Waals surface area (Å²) in [6.45, 7) is 9.93. The fraction of sp³-hybridized carbons (Fsp3) is 0.611. The van der Waals surface area contributed by atoms with Gasteiger partial charge in [-0.1, -0.05) is 12.1 Å². The van der Waals surface area contributed by atoms with Gasteiger partial charge in [-0.2, -0.15) is 0 Å². The first kappa shape index (κ1) is 18.0. The van der Waals surface area contributed by atoms with Crippen LogP contribution in [-0.4, -0.2) is 29.3 Å². The minimum absolute atomic E-state index is 0.241. The Hall–Kier alpha value is -1.33. The van der Waals surface area contributed by atoms with E-state index < -0.39 is 0 Å². The molecule has 4 nitrogen and oxygen atoms in total. The number of benzene rings is 1. The van der Waals surface area contributed by atoms with Crippen LogP contribution in [0.2, 0.25) is 0 Å². The van der Waals surface area contributed by atoms with Crippen molar-refractivity contribution in [3.05, 3.63) is 29.8 Å². The summed E-state index contributed by atoms with van der Waals surface area (Å²) < 4.78 is 5.17. The summed E-state index contributed by atoms with van der Waals surface area (Å²) >= 11 is 5.48. The molecule has 23 heavy (non-hydrogen) atoms. The molecule has 0 radical (unpaired) electrons. The summed E-state index contributed by atoms with van der Waals surface area (Å²) in [5, 5.41) is 10.0. The zero-order chi connectivity index (χ0) is 17.1. The number of quaternary nitrogens is 1. The highest BCUT2D eigenvalue weighted by molar-refractivity contribution is 7.80. The Bertz CT molecular complexity index is 524. The largest absolute Gasteiger partial charge is 0.497 e. The van der Waals surface area contributed by atoms with Crippen molar-refractivity contribution in [3.8, 4) is 5.75 Å². The van der Waals surface area contributed by atoms with Gasteiger partial charge in [-0.3, -0.25) is 0 Å². The molecule has 0 spiro atoms. The second-order valence-electron chi connectivity index (χ2n) is 7.90. The lowest BCUT2D eigenvalue weighted by Crippen LogP contribution is -3.06. The van der Waals surface area contributed by atoms with Crippen LogP contribution in [0.1, 0.15) is 46.1 Å². The first-order chi connectivity index (χ1) is 10.7. The van der Waals surface area contributed by atoms with E-state index in [1.165, 1.54) is 5.56 Å². The van der Waals surface area contributed by atoms with Crippen LogP contribution in [-0.2, 0) is 6.54 Å². The molecule has 1 fully saturated rings. The lowest BCUT2D eigenvalue weighted by atomic mass is 9.80. The van der Waals surface area contributed by atoms with Gasteiger partial charge in [-0.05, 0) is 57.6 Å². The molecule has 1 aromatic carbocycles. The van der Waals surface area contributed by atoms with Crippen LogP contribution < -0.4 is 20.7 Å². The maximum Gasteiger partial charge on any atom is 0.166 e. The predicted octanol–water partition coefficient (Wildman–Crippen LogP) is 1.94. The van der Waals surface area contributed by atoms with Crippen LogP contribution in [0.3, 0.4) is 0 Å². The average molecular weight is 337 g/mol. The van der Waals surface area contributed by atoms with Crippen LogP contribution in [0.5, 0.6) is 5.75 Å². The van der Waals surface area contributed by atoms with E-state index in [9.17, 15) is 0 Å². The molecule has 1 aromatic rings. The van der Waals surface area contributed by atoms with Gasteiger partial charge in [0, 0.05) is 25.4 Å². The number of thiocarbonyl (C=S) groups is 1. The number of hydrogen-bond donors (Lipinski definition) is 3. The van der Waals surface area contributed by atoms with Gasteiger partial charge < -0.3 is 20.7 Å². The van der Waals surface area contributed by atoms with Crippen LogP contribution in [0.4, 0.5) is 0 Å². The third kappa shape index (κ3) is 5.66. The first-order valence-electron chi connectivity index (χ1n) is 8.23. The fourth-order valence-corrected chi connectivity index (χ4v) is 4.02. The van der Waals surface area contributed by atoms with Crippen LogP contribution >= 0.6 is 12.2 Å². The van der Waals surface area contributed by atoms with Gasteiger partial charge in [-0.15, -0.1) is 0 Å². The molecule has 1 heterocycles. The Balaban J connectivity index is 1.84. The van der Waals surface area contributed by atoms with Gasteiger partial charge in [0.05, 0.1) is 18.2 Å². The van der Waals surface area contributed by atoms with Crippen molar-refractivity contribution in [2.75, 3.05) is 7.11 Å². The van der Waals surface area contributed by atoms with Gasteiger partial charge in [0.1, 0.15) is 5.75 Å². The molecular formula is C18H30N3OS+. The third-order valence-corrected chi connectivity index (χ3v) is 4.54. The summed E-state index contributed by atoms with van der Waals surface area (Å²) in [5.74, 6) is 0.873. The van der Waals surface area contributed by atoms with E-state index in [2.05, 4.69) is 55.8 Å². The topological polar surface area (TPSA) is 49.9 Å². The summed E-state index contributed by atoms with van der Waals surface area (Å²) in [6.07, 6.45) is 2.22. The molecule has 1 aliphatic rings. The minimum Gasteiger partial charge on any atom is -0.497 e. The molecule has 1 saturated heterocycles. The standard InChI is InChI=1S/C18H29N3OS/c1-17(2)10-14(11-18(3,4)21-17)20-16(23)19-12-13-6-8-15(22-5)9-7-13/h6-9,14,21H,10-12H2,1-5H3,(H2,19,20,23)/p+1. The molecule has 0 atom stereocenters. The average Bonchev–Trinajstić information content (AvgIpc) is 2.42. The van der Waals surface area contributed by atoms with Gasteiger partial charge >= 0.3 is 0 Å². The summed E-state index contributed by atoms with van der Waals surface area (Å²) in [4.78, 5) is 0. The smallest absolute Gasteiger partial charge is 0.166 e. The quantitative estimate of drug-likeness (QED) is 0.736. The highest BCUT2D eigenvalue weighted by Gasteiger charge is 2.41. The molecule has 0 bridgehead atoms. The maximum atomic E-state index is 5.48. The van der Waals surface area contributed by atoms with E-state index in [1.54, 1.807) is 7.11 Å². The number of methoxy groups -OCH3 is 1. The van der Waals surface area contributed by atoms with Crippen molar-refractivity contribution in [2.24, 2.45) is 0 Å². The van der Waals surface area contributed by atoms with Gasteiger partial charge in [0.25, 0.3) is 0 Å². The Morgan fingerprint density at radius 2 is 1.74 bits per heavy atom. The lowest BCUT2D eigenvalue weighted by Gasteiger charge is -2.43. The number of nitrogens with two attached hydrogens (primary N) is 1. The molecule has 5 heteroatoms. The second kappa shape index (κ2) is 7.05. The molecule has 0 aromatic heterocycles. The lowest BCUT2D eigenvalue weighted by molar-refractivity contribution is -0.787. The van der Waals surface area contributed by atoms with E-state index in [-0.39, 0.29) is 11.1 Å². The molecule has 4 N–H and O–H groups in total. The number of piperidine rings is 1. The molecule has 1 aliphatic heterocycles. The van der Waals surface area contributed by atoms with Crippen molar-refractivity contribution in [2.45, 2.75) is 64.2 Å². The Labute approximate surface area is 145 Å². The molecule has 128 valence electrons. The van der Waals surface area contributed by atoms with E-state index in [0.717, 1.165) is 30.2 Å². The van der Waals surface area contributed by atoms with Crippen molar-refractivity contribution in [1.82, 2.24) is 10.6 Å². The first-order valence-corrected chi connectivity index (χ1v) is 8.64. The van der Waals surface area contributed by atoms with Crippen LogP contribution in [0.25, 0.3) is 0 Å². The van der Waals surface area contributed by atoms with Crippen molar-refractivity contribution in [3.63, 3.8) is 0 Å². The summed E-state index contributed by atoms with van der Waals surface area (Å²) in [6, 6.07) is 8.46. The van der Waals surface area contributed by atoms with E-state index >= 15 is 0 Å². The van der Waals surface area contributed by atoms with E-state index in [4.69, 9.17) is 17.0 Å². The summed E-state index contributed by atoms with van der Waals surface area (Å²) in [5.41, 5.74) is 1.67. The Morgan fingerprint density at radius 3 is 2.26 bits per heavy atom. The van der Waals surface area contributed by atoms with Crippen molar-refractivity contribution < 1.29 is 10.1 Å². The molecule has 0 aliphatic carbocycles. The zero-order valence-corrected chi connectivity index (χ0v) is 15.7. The van der Waals surface area contributed by atoms with E-state index in [1.807, 2.05) is 12.1 Å². The van der Waals surface area contributed by atoms with Crippen molar-refractivity contribution >= 4 is 17.3 Å². The normalized spacial score (nSPS) is 19.9. The second-order valence-corrected chi connectivity index (χ2v) is 8.31. The molecule has 0 amide bonds. The fourth-order valence-electron chi connectivity index (χ4n) is 3.78. The highest BCUT2D eigenvalue weighted by atomic mass is 32.1.